The van der Waals surface area contributed by atoms with Crippen LogP contribution in [0.4, 0.5) is 10.2 Å². The Morgan fingerprint density at radius 3 is 2.65 bits per heavy atom. The zero-order chi connectivity index (χ0) is 15.3. The number of hydrogen-bond acceptors (Lipinski definition) is 4. The lowest BCUT2D eigenvalue weighted by Crippen LogP contribution is -2.42. The Balaban J connectivity index is 2.87. The van der Waals surface area contributed by atoms with E-state index in [0.717, 1.165) is 12.3 Å². The molecule has 0 radical (unpaired) electrons. The molecule has 6 nitrogen and oxygen atoms in total. The van der Waals surface area contributed by atoms with Crippen LogP contribution in [0.25, 0.3) is 0 Å². The first-order chi connectivity index (χ1) is 9.27. The van der Waals surface area contributed by atoms with Crippen molar-refractivity contribution in [3.8, 4) is 0 Å². The van der Waals surface area contributed by atoms with Crippen LogP contribution in [0, 0.1) is 11.2 Å². The molecule has 1 rings (SSSR count). The second-order valence-electron chi connectivity index (χ2n) is 5.01. The van der Waals surface area contributed by atoms with Crippen molar-refractivity contribution in [2.24, 2.45) is 11.1 Å². The highest BCUT2D eigenvalue weighted by molar-refractivity contribution is 5.99. The fraction of sp³-hybridized carbons (Fsp3) is 0.462. The molecule has 2 amide bonds. The Kier molecular flexibility index (Phi) is 5.01. The lowest BCUT2D eigenvalue weighted by molar-refractivity contribution is -0.125. The van der Waals surface area contributed by atoms with Gasteiger partial charge in [0.2, 0.25) is 5.91 Å². The molecule has 0 unspecified atom stereocenters. The van der Waals surface area contributed by atoms with Crippen molar-refractivity contribution in [3.05, 3.63) is 23.6 Å². The lowest BCUT2D eigenvalue weighted by atomic mass is 9.92. The minimum Gasteiger partial charge on any atom is -0.370 e. The molecule has 1 heterocycles. The monoisotopic (exact) mass is 282 g/mol. The third-order valence-corrected chi connectivity index (χ3v) is 2.80. The van der Waals surface area contributed by atoms with Crippen molar-refractivity contribution in [2.75, 3.05) is 18.4 Å². The van der Waals surface area contributed by atoms with Gasteiger partial charge in [-0.05, 0) is 26.8 Å². The number of hydrogen-bond donors (Lipinski definition) is 3. The third-order valence-electron chi connectivity index (χ3n) is 2.80. The van der Waals surface area contributed by atoms with E-state index in [-0.39, 0.29) is 12.1 Å². The van der Waals surface area contributed by atoms with Crippen molar-refractivity contribution < 1.29 is 14.0 Å². The number of primary amides is 1. The molecule has 20 heavy (non-hydrogen) atoms. The molecule has 0 atom stereocenters. The number of halogens is 1. The SMILES string of the molecule is CCNc1ncc(F)cc1C(=O)NCC(C)(C)C(N)=O. The molecule has 4 N–H and O–H groups in total. The molecule has 0 aliphatic carbocycles. The fourth-order valence-electron chi connectivity index (χ4n) is 1.40. The average molecular weight is 282 g/mol. The van der Waals surface area contributed by atoms with Gasteiger partial charge in [-0.2, -0.15) is 0 Å². The van der Waals surface area contributed by atoms with E-state index in [4.69, 9.17) is 5.73 Å². The van der Waals surface area contributed by atoms with E-state index in [0.29, 0.717) is 12.4 Å². The summed E-state index contributed by atoms with van der Waals surface area (Å²) in [4.78, 5) is 27.1. The summed E-state index contributed by atoms with van der Waals surface area (Å²) in [7, 11) is 0. The average Bonchev–Trinajstić information content (AvgIpc) is 2.38. The Morgan fingerprint density at radius 2 is 2.10 bits per heavy atom. The summed E-state index contributed by atoms with van der Waals surface area (Å²) >= 11 is 0. The molecule has 0 aliphatic heterocycles. The number of nitrogens with two attached hydrogens (primary N) is 1. The Bertz CT molecular complexity index is 517. The van der Waals surface area contributed by atoms with Gasteiger partial charge < -0.3 is 16.4 Å². The van der Waals surface area contributed by atoms with E-state index in [9.17, 15) is 14.0 Å². The maximum absolute atomic E-state index is 13.2. The molecule has 0 aromatic carbocycles. The molecule has 0 saturated carbocycles. The summed E-state index contributed by atoms with van der Waals surface area (Å²) in [5.41, 5.74) is 4.43. The van der Waals surface area contributed by atoms with E-state index in [1.54, 1.807) is 13.8 Å². The number of anilines is 1. The largest absolute Gasteiger partial charge is 0.370 e. The summed E-state index contributed by atoms with van der Waals surface area (Å²) in [5, 5.41) is 5.43. The highest BCUT2D eigenvalue weighted by Gasteiger charge is 2.26. The molecule has 0 aliphatic rings. The van der Waals surface area contributed by atoms with Crippen molar-refractivity contribution in [1.29, 1.82) is 0 Å². The van der Waals surface area contributed by atoms with Gasteiger partial charge in [-0.25, -0.2) is 9.37 Å². The van der Waals surface area contributed by atoms with Crippen molar-refractivity contribution in [2.45, 2.75) is 20.8 Å². The molecule has 110 valence electrons. The van der Waals surface area contributed by atoms with Crippen LogP contribution in [0.5, 0.6) is 0 Å². The van der Waals surface area contributed by atoms with Gasteiger partial charge in [-0.1, -0.05) is 0 Å². The van der Waals surface area contributed by atoms with Gasteiger partial charge in [0.15, 0.2) is 0 Å². The molecular weight excluding hydrogens is 263 g/mol. The molecule has 0 saturated heterocycles. The number of nitrogens with zero attached hydrogens (tertiary/aromatic N) is 1. The maximum Gasteiger partial charge on any atom is 0.255 e. The number of rotatable bonds is 6. The molecule has 0 spiro atoms. The molecule has 1 aromatic heterocycles. The molecular formula is C13H19FN4O2. The van der Waals surface area contributed by atoms with Crippen molar-refractivity contribution >= 4 is 17.6 Å². The van der Waals surface area contributed by atoms with Gasteiger partial charge in [0.1, 0.15) is 11.6 Å². The predicted octanol–water partition coefficient (Wildman–Crippen LogP) is 0.894. The van der Waals surface area contributed by atoms with Crippen LogP contribution in [-0.2, 0) is 4.79 Å². The summed E-state index contributed by atoms with van der Waals surface area (Å²) in [5.74, 6) is -1.35. The number of pyridine rings is 1. The second-order valence-corrected chi connectivity index (χ2v) is 5.01. The van der Waals surface area contributed by atoms with Crippen molar-refractivity contribution in [1.82, 2.24) is 10.3 Å². The van der Waals surface area contributed by atoms with Gasteiger partial charge in [-0.3, -0.25) is 9.59 Å². The van der Waals surface area contributed by atoms with E-state index in [1.807, 2.05) is 6.92 Å². The number of aromatic nitrogens is 1. The van der Waals surface area contributed by atoms with Crippen LogP contribution in [-0.4, -0.2) is 29.9 Å². The Labute approximate surface area is 116 Å². The fourth-order valence-corrected chi connectivity index (χ4v) is 1.40. The number of amides is 2. The van der Waals surface area contributed by atoms with Gasteiger partial charge in [0, 0.05) is 13.1 Å². The van der Waals surface area contributed by atoms with Crippen LogP contribution in [0.15, 0.2) is 12.3 Å². The minimum absolute atomic E-state index is 0.0588. The highest BCUT2D eigenvalue weighted by atomic mass is 19.1. The van der Waals surface area contributed by atoms with E-state index < -0.39 is 23.0 Å². The summed E-state index contributed by atoms with van der Waals surface area (Å²) < 4.78 is 13.2. The van der Waals surface area contributed by atoms with Gasteiger partial charge in [0.25, 0.3) is 5.91 Å². The summed E-state index contributed by atoms with van der Waals surface area (Å²) in [6.07, 6.45) is 1.03. The first-order valence-electron chi connectivity index (χ1n) is 6.25. The lowest BCUT2D eigenvalue weighted by Gasteiger charge is -2.21. The standard InChI is InChI=1S/C13H19FN4O2/c1-4-16-10-9(5-8(14)6-17-10)11(19)18-7-13(2,3)12(15)20/h5-6H,4,7H2,1-3H3,(H2,15,20)(H,16,17)(H,18,19). The van der Waals surface area contributed by atoms with Crippen molar-refractivity contribution in [3.63, 3.8) is 0 Å². The van der Waals surface area contributed by atoms with Gasteiger partial charge >= 0.3 is 0 Å². The Morgan fingerprint density at radius 1 is 1.45 bits per heavy atom. The number of nitrogens with one attached hydrogen (secondary N) is 2. The van der Waals surface area contributed by atoms with Crippen LogP contribution in [0.1, 0.15) is 31.1 Å². The minimum atomic E-state index is -0.880. The smallest absolute Gasteiger partial charge is 0.255 e. The zero-order valence-electron chi connectivity index (χ0n) is 11.8. The Hall–Kier alpha value is -2.18. The molecule has 1 aromatic rings. The third kappa shape index (κ3) is 3.91. The van der Waals surface area contributed by atoms with E-state index in [2.05, 4.69) is 15.6 Å². The second kappa shape index (κ2) is 6.31. The topological polar surface area (TPSA) is 97.1 Å². The van der Waals surface area contributed by atoms with Crippen LogP contribution >= 0.6 is 0 Å². The van der Waals surface area contributed by atoms with E-state index >= 15 is 0 Å². The van der Waals surface area contributed by atoms with Crippen LogP contribution < -0.4 is 16.4 Å². The van der Waals surface area contributed by atoms with Crippen LogP contribution in [0.3, 0.4) is 0 Å². The van der Waals surface area contributed by atoms with E-state index in [1.165, 1.54) is 0 Å². The quantitative estimate of drug-likeness (QED) is 0.722. The predicted molar refractivity (Wildman–Crippen MR) is 73.7 cm³/mol. The zero-order valence-corrected chi connectivity index (χ0v) is 11.8. The highest BCUT2D eigenvalue weighted by Crippen LogP contribution is 2.15. The van der Waals surface area contributed by atoms with Gasteiger partial charge in [-0.15, -0.1) is 0 Å². The summed E-state index contributed by atoms with van der Waals surface area (Å²) in [6.45, 7) is 5.67. The number of carbonyl (C=O) groups excluding carboxylic acids is 2. The first kappa shape index (κ1) is 15.9. The molecule has 0 fully saturated rings. The number of carbonyl (C=O) groups is 2. The normalized spacial score (nSPS) is 11.0. The molecule has 7 heteroatoms. The summed E-state index contributed by atoms with van der Waals surface area (Å²) in [6, 6.07) is 1.09. The first-order valence-corrected chi connectivity index (χ1v) is 6.25. The maximum atomic E-state index is 13.2. The van der Waals surface area contributed by atoms with Gasteiger partial charge in [0.05, 0.1) is 17.2 Å². The van der Waals surface area contributed by atoms with Crippen LogP contribution in [0.2, 0.25) is 0 Å². The molecule has 0 bridgehead atoms.